The molecular weight excluding hydrogens is 248 g/mol. The number of nitrogens with one attached hydrogen (secondary N) is 1. The standard InChI is InChI=1S/C13H16N2O2S/c14-12(18)6-3-7-15-13(16)11-8-9-4-1-2-5-10(9)17-11/h1-2,4-5,11H,3,6-8H2,(H2,14,18)(H,15,16). The smallest absolute Gasteiger partial charge is 0.261 e. The maximum atomic E-state index is 11.9. The minimum atomic E-state index is -0.410. The Morgan fingerprint density at radius 2 is 2.28 bits per heavy atom. The van der Waals surface area contributed by atoms with Crippen LogP contribution in [0.1, 0.15) is 18.4 Å². The van der Waals surface area contributed by atoms with Crippen LogP contribution in [0.5, 0.6) is 5.75 Å². The molecule has 18 heavy (non-hydrogen) atoms. The van der Waals surface area contributed by atoms with Gasteiger partial charge in [-0.2, -0.15) is 0 Å². The molecule has 2 rings (SSSR count). The van der Waals surface area contributed by atoms with Gasteiger partial charge in [0.15, 0.2) is 6.10 Å². The summed E-state index contributed by atoms with van der Waals surface area (Å²) in [7, 11) is 0. The van der Waals surface area contributed by atoms with Gasteiger partial charge in [-0.3, -0.25) is 4.79 Å². The van der Waals surface area contributed by atoms with Crippen LogP contribution in [-0.4, -0.2) is 23.5 Å². The first-order valence-electron chi connectivity index (χ1n) is 5.97. The molecule has 1 aromatic carbocycles. The Kier molecular flexibility index (Phi) is 4.15. The van der Waals surface area contributed by atoms with Gasteiger partial charge < -0.3 is 15.8 Å². The number of hydrogen-bond donors (Lipinski definition) is 2. The van der Waals surface area contributed by atoms with Gasteiger partial charge in [0.25, 0.3) is 5.91 Å². The van der Waals surface area contributed by atoms with E-state index in [1.807, 2.05) is 24.3 Å². The highest BCUT2D eigenvalue weighted by atomic mass is 32.1. The number of para-hydroxylation sites is 1. The number of carbonyl (C=O) groups is 1. The van der Waals surface area contributed by atoms with E-state index in [1.54, 1.807) is 0 Å². The average Bonchev–Trinajstić information content (AvgIpc) is 2.78. The Morgan fingerprint density at radius 1 is 1.50 bits per heavy atom. The van der Waals surface area contributed by atoms with E-state index in [2.05, 4.69) is 5.32 Å². The van der Waals surface area contributed by atoms with Crippen LogP contribution in [0.15, 0.2) is 24.3 Å². The van der Waals surface area contributed by atoms with E-state index < -0.39 is 6.10 Å². The fraction of sp³-hybridized carbons (Fsp3) is 0.385. The molecule has 1 aromatic rings. The molecule has 0 aliphatic carbocycles. The number of amides is 1. The molecule has 1 amide bonds. The van der Waals surface area contributed by atoms with E-state index in [4.69, 9.17) is 22.7 Å². The Labute approximate surface area is 112 Å². The summed E-state index contributed by atoms with van der Waals surface area (Å²) < 4.78 is 5.58. The highest BCUT2D eigenvalue weighted by Crippen LogP contribution is 2.27. The SMILES string of the molecule is NC(=S)CCCNC(=O)C1Cc2ccccc2O1. The third-order valence-electron chi connectivity index (χ3n) is 2.84. The van der Waals surface area contributed by atoms with Gasteiger partial charge in [0, 0.05) is 13.0 Å². The second kappa shape index (κ2) is 5.82. The van der Waals surface area contributed by atoms with E-state index in [-0.39, 0.29) is 5.91 Å². The van der Waals surface area contributed by atoms with Gasteiger partial charge in [0.05, 0.1) is 4.99 Å². The van der Waals surface area contributed by atoms with Crippen LogP contribution in [-0.2, 0) is 11.2 Å². The van der Waals surface area contributed by atoms with Gasteiger partial charge in [0.2, 0.25) is 0 Å². The average molecular weight is 264 g/mol. The summed E-state index contributed by atoms with van der Waals surface area (Å²) >= 11 is 4.77. The molecule has 0 saturated carbocycles. The zero-order valence-corrected chi connectivity index (χ0v) is 10.8. The molecule has 1 aliphatic rings. The summed E-state index contributed by atoms with van der Waals surface area (Å²) in [6, 6.07) is 7.72. The number of carbonyl (C=O) groups excluding carboxylic acids is 1. The quantitative estimate of drug-likeness (QED) is 0.619. The van der Waals surface area contributed by atoms with Crippen molar-refractivity contribution in [3.05, 3.63) is 29.8 Å². The van der Waals surface area contributed by atoms with E-state index in [9.17, 15) is 4.79 Å². The number of ether oxygens (including phenoxy) is 1. The van der Waals surface area contributed by atoms with Crippen molar-refractivity contribution in [2.45, 2.75) is 25.4 Å². The third-order valence-corrected chi connectivity index (χ3v) is 3.04. The van der Waals surface area contributed by atoms with Crippen LogP contribution in [0.4, 0.5) is 0 Å². The molecule has 1 heterocycles. The number of rotatable bonds is 5. The predicted octanol–water partition coefficient (Wildman–Crippen LogP) is 1.17. The number of hydrogen-bond acceptors (Lipinski definition) is 3. The zero-order valence-electron chi connectivity index (χ0n) is 10.0. The molecular formula is C13H16N2O2S. The van der Waals surface area contributed by atoms with Crippen molar-refractivity contribution in [3.8, 4) is 5.75 Å². The summed E-state index contributed by atoms with van der Waals surface area (Å²) in [5.41, 5.74) is 6.47. The summed E-state index contributed by atoms with van der Waals surface area (Å²) in [5.74, 6) is 0.731. The Hall–Kier alpha value is -1.62. The van der Waals surface area contributed by atoms with Crippen molar-refractivity contribution >= 4 is 23.1 Å². The maximum Gasteiger partial charge on any atom is 0.261 e. The second-order valence-electron chi connectivity index (χ2n) is 4.28. The van der Waals surface area contributed by atoms with E-state index in [0.717, 1.165) is 17.7 Å². The first kappa shape index (κ1) is 12.8. The summed E-state index contributed by atoms with van der Waals surface area (Å²) in [6.45, 7) is 0.576. The van der Waals surface area contributed by atoms with E-state index in [1.165, 1.54) is 0 Å². The van der Waals surface area contributed by atoms with Crippen molar-refractivity contribution in [2.75, 3.05) is 6.54 Å². The van der Waals surface area contributed by atoms with Crippen LogP contribution >= 0.6 is 12.2 Å². The molecule has 0 saturated heterocycles. The van der Waals surface area contributed by atoms with Crippen LogP contribution in [0, 0.1) is 0 Å². The van der Waals surface area contributed by atoms with Crippen molar-refractivity contribution in [1.82, 2.24) is 5.32 Å². The summed E-state index contributed by atoms with van der Waals surface area (Å²) in [6.07, 6.45) is 1.64. The van der Waals surface area contributed by atoms with Crippen LogP contribution < -0.4 is 15.8 Å². The number of benzene rings is 1. The molecule has 1 atom stereocenters. The minimum absolute atomic E-state index is 0.0749. The van der Waals surface area contributed by atoms with E-state index in [0.29, 0.717) is 24.4 Å². The molecule has 1 aliphatic heterocycles. The molecule has 96 valence electrons. The lowest BCUT2D eigenvalue weighted by atomic mass is 10.1. The van der Waals surface area contributed by atoms with Gasteiger partial charge >= 0.3 is 0 Å². The monoisotopic (exact) mass is 264 g/mol. The molecule has 4 nitrogen and oxygen atoms in total. The summed E-state index contributed by atoms with van der Waals surface area (Å²) in [4.78, 5) is 12.3. The van der Waals surface area contributed by atoms with Crippen LogP contribution in [0.2, 0.25) is 0 Å². The zero-order chi connectivity index (χ0) is 13.0. The molecule has 1 unspecified atom stereocenters. The minimum Gasteiger partial charge on any atom is -0.480 e. The Bertz CT molecular complexity index is 437. The van der Waals surface area contributed by atoms with Gasteiger partial charge in [-0.05, 0) is 24.5 Å². The number of thiocarbonyl (C=S) groups is 1. The largest absolute Gasteiger partial charge is 0.480 e. The molecule has 0 aromatic heterocycles. The number of fused-ring (bicyclic) bond motifs is 1. The van der Waals surface area contributed by atoms with Crippen LogP contribution in [0.25, 0.3) is 0 Å². The molecule has 3 N–H and O–H groups in total. The lowest BCUT2D eigenvalue weighted by Gasteiger charge is -2.11. The third kappa shape index (κ3) is 3.20. The van der Waals surface area contributed by atoms with Gasteiger partial charge in [-0.25, -0.2) is 0 Å². The topological polar surface area (TPSA) is 64.3 Å². The van der Waals surface area contributed by atoms with Crippen molar-refractivity contribution in [3.63, 3.8) is 0 Å². The van der Waals surface area contributed by atoms with Crippen LogP contribution in [0.3, 0.4) is 0 Å². The Morgan fingerprint density at radius 3 is 3.00 bits per heavy atom. The molecule has 0 spiro atoms. The highest BCUT2D eigenvalue weighted by molar-refractivity contribution is 7.80. The van der Waals surface area contributed by atoms with Gasteiger partial charge in [-0.1, -0.05) is 30.4 Å². The summed E-state index contributed by atoms with van der Waals surface area (Å²) in [5, 5.41) is 2.84. The van der Waals surface area contributed by atoms with Crippen molar-refractivity contribution in [1.29, 1.82) is 0 Å². The Balaban J connectivity index is 1.77. The first-order chi connectivity index (χ1) is 8.66. The van der Waals surface area contributed by atoms with Crippen molar-refractivity contribution in [2.24, 2.45) is 5.73 Å². The number of nitrogens with two attached hydrogens (primary N) is 1. The lowest BCUT2D eigenvalue weighted by molar-refractivity contribution is -0.127. The van der Waals surface area contributed by atoms with Gasteiger partial charge in [-0.15, -0.1) is 0 Å². The fourth-order valence-electron chi connectivity index (χ4n) is 1.92. The maximum absolute atomic E-state index is 11.9. The molecule has 0 radical (unpaired) electrons. The molecule has 0 fully saturated rings. The lowest BCUT2D eigenvalue weighted by Crippen LogP contribution is -2.38. The second-order valence-corrected chi connectivity index (χ2v) is 4.80. The fourth-order valence-corrected chi connectivity index (χ4v) is 2.06. The first-order valence-corrected chi connectivity index (χ1v) is 6.38. The van der Waals surface area contributed by atoms with E-state index >= 15 is 0 Å². The highest BCUT2D eigenvalue weighted by Gasteiger charge is 2.28. The normalized spacial score (nSPS) is 16.8. The molecule has 0 bridgehead atoms. The molecule has 5 heteroatoms. The predicted molar refractivity (Wildman–Crippen MR) is 73.6 cm³/mol. The van der Waals surface area contributed by atoms with Gasteiger partial charge in [0.1, 0.15) is 5.75 Å². The van der Waals surface area contributed by atoms with Crippen molar-refractivity contribution < 1.29 is 9.53 Å².